The van der Waals surface area contributed by atoms with Crippen molar-refractivity contribution in [3.05, 3.63) is 59.7 Å². The number of rotatable bonds is 7. The van der Waals surface area contributed by atoms with Gasteiger partial charge in [0, 0.05) is 19.0 Å². The molecule has 0 saturated carbocycles. The van der Waals surface area contributed by atoms with Gasteiger partial charge < -0.3 is 19.5 Å². The summed E-state index contributed by atoms with van der Waals surface area (Å²) in [6, 6.07) is 15.1. The van der Waals surface area contributed by atoms with Crippen LogP contribution in [0, 0.1) is 5.92 Å². The van der Waals surface area contributed by atoms with Crippen molar-refractivity contribution in [1.82, 2.24) is 4.90 Å². The number of carbonyl (C=O) groups excluding carboxylic acids is 1. The molecule has 1 atom stereocenters. The number of aliphatic hydroxyl groups is 1. The highest BCUT2D eigenvalue weighted by Crippen LogP contribution is 2.21. The third kappa shape index (κ3) is 5.47. The summed E-state index contributed by atoms with van der Waals surface area (Å²) in [4.78, 5) is 14.6. The van der Waals surface area contributed by atoms with Gasteiger partial charge in [0.2, 0.25) is 5.91 Å². The van der Waals surface area contributed by atoms with Crippen molar-refractivity contribution in [3.8, 4) is 11.5 Å². The van der Waals surface area contributed by atoms with Gasteiger partial charge in [-0.15, -0.1) is 0 Å². The van der Waals surface area contributed by atoms with Gasteiger partial charge in [-0.3, -0.25) is 4.79 Å². The predicted octanol–water partition coefficient (Wildman–Crippen LogP) is 3.05. The number of benzene rings is 2. The molecule has 0 spiro atoms. The molecule has 0 bridgehead atoms. The topological polar surface area (TPSA) is 59.0 Å². The average Bonchev–Trinajstić information content (AvgIpc) is 2.73. The van der Waals surface area contributed by atoms with Crippen LogP contribution in [0.1, 0.15) is 24.0 Å². The van der Waals surface area contributed by atoms with E-state index < -0.39 is 0 Å². The molecular formula is C22H27NO4. The maximum atomic E-state index is 12.6. The van der Waals surface area contributed by atoms with Crippen molar-refractivity contribution >= 4 is 5.91 Å². The van der Waals surface area contributed by atoms with Gasteiger partial charge in [-0.05, 0) is 48.2 Å². The number of amides is 1. The van der Waals surface area contributed by atoms with E-state index >= 15 is 0 Å². The molecule has 5 nitrogen and oxygen atoms in total. The molecule has 2 aromatic rings. The summed E-state index contributed by atoms with van der Waals surface area (Å²) in [6.07, 6.45) is 2.48. The number of hydrogen-bond donors (Lipinski definition) is 1. The highest BCUT2D eigenvalue weighted by Gasteiger charge is 2.24. The fraction of sp³-hybridized carbons (Fsp3) is 0.409. The summed E-state index contributed by atoms with van der Waals surface area (Å²) < 4.78 is 11.1. The van der Waals surface area contributed by atoms with Crippen molar-refractivity contribution in [2.75, 3.05) is 26.8 Å². The first-order valence-electron chi connectivity index (χ1n) is 9.41. The van der Waals surface area contributed by atoms with Crippen LogP contribution in [0.5, 0.6) is 11.5 Å². The van der Waals surface area contributed by atoms with Gasteiger partial charge in [0.1, 0.15) is 11.5 Å². The number of nitrogens with zero attached hydrogens (tertiary/aromatic N) is 1. The lowest BCUT2D eigenvalue weighted by Gasteiger charge is -2.32. The maximum Gasteiger partial charge on any atom is 0.227 e. The van der Waals surface area contributed by atoms with E-state index in [2.05, 4.69) is 0 Å². The normalized spacial score (nSPS) is 16.8. The molecule has 1 fully saturated rings. The fourth-order valence-electron chi connectivity index (χ4n) is 3.36. The van der Waals surface area contributed by atoms with Crippen molar-refractivity contribution in [2.45, 2.75) is 25.9 Å². The molecule has 1 saturated heterocycles. The summed E-state index contributed by atoms with van der Waals surface area (Å²) in [5.74, 6) is 2.13. The molecule has 3 rings (SSSR count). The molecule has 0 radical (unpaired) electrons. The van der Waals surface area contributed by atoms with Crippen LogP contribution in [0.25, 0.3) is 0 Å². The lowest BCUT2D eigenvalue weighted by Crippen LogP contribution is -2.42. The number of methoxy groups -OCH3 is 1. The summed E-state index contributed by atoms with van der Waals surface area (Å²) in [6.45, 7) is 2.19. The molecule has 5 heteroatoms. The minimum atomic E-state index is 0.0240. The lowest BCUT2D eigenvalue weighted by atomic mass is 9.98. The zero-order valence-corrected chi connectivity index (χ0v) is 15.8. The Balaban J connectivity index is 1.49. The van der Waals surface area contributed by atoms with Gasteiger partial charge in [-0.25, -0.2) is 0 Å². The number of hydrogen-bond acceptors (Lipinski definition) is 4. The second-order valence-corrected chi connectivity index (χ2v) is 6.99. The second-order valence-electron chi connectivity index (χ2n) is 6.99. The van der Waals surface area contributed by atoms with E-state index in [4.69, 9.17) is 14.6 Å². The van der Waals surface area contributed by atoms with Crippen LogP contribution in [-0.2, 0) is 17.8 Å². The van der Waals surface area contributed by atoms with E-state index in [0.717, 1.165) is 48.6 Å². The molecule has 2 aromatic carbocycles. The number of likely N-dealkylation sites (tertiary alicyclic amines) is 1. The molecule has 1 aliphatic heterocycles. The van der Waals surface area contributed by atoms with Gasteiger partial charge in [-0.1, -0.05) is 24.3 Å². The Morgan fingerprint density at radius 3 is 2.41 bits per heavy atom. The Morgan fingerprint density at radius 1 is 1.07 bits per heavy atom. The predicted molar refractivity (Wildman–Crippen MR) is 104 cm³/mol. The van der Waals surface area contributed by atoms with Crippen LogP contribution in [0.2, 0.25) is 0 Å². The molecule has 0 aromatic heterocycles. The van der Waals surface area contributed by atoms with Gasteiger partial charge >= 0.3 is 0 Å². The molecule has 0 unspecified atom stereocenters. The Kier molecular flexibility index (Phi) is 6.71. The maximum absolute atomic E-state index is 12.6. The Hall–Kier alpha value is -2.53. The van der Waals surface area contributed by atoms with E-state index in [-0.39, 0.29) is 12.5 Å². The van der Waals surface area contributed by atoms with Crippen LogP contribution in [0.3, 0.4) is 0 Å². The Bertz CT molecular complexity index is 727. The second kappa shape index (κ2) is 9.42. The number of carbonyl (C=O) groups is 1. The highest BCUT2D eigenvalue weighted by atomic mass is 16.5. The third-order valence-electron chi connectivity index (χ3n) is 4.98. The number of piperidine rings is 1. The van der Waals surface area contributed by atoms with Gasteiger partial charge in [0.15, 0.2) is 0 Å². The lowest BCUT2D eigenvalue weighted by molar-refractivity contribution is -0.132. The molecule has 1 aliphatic rings. The summed E-state index contributed by atoms with van der Waals surface area (Å²) >= 11 is 0. The summed E-state index contributed by atoms with van der Waals surface area (Å²) in [7, 11) is 1.64. The molecule has 27 heavy (non-hydrogen) atoms. The van der Waals surface area contributed by atoms with E-state index in [9.17, 15) is 4.79 Å². The van der Waals surface area contributed by atoms with Crippen molar-refractivity contribution < 1.29 is 19.4 Å². The molecule has 1 amide bonds. The van der Waals surface area contributed by atoms with Crippen molar-refractivity contribution in [2.24, 2.45) is 5.92 Å². The summed E-state index contributed by atoms with van der Waals surface area (Å²) in [5.41, 5.74) is 1.84. The first kappa shape index (κ1) is 19.2. The molecule has 1 heterocycles. The molecule has 0 aliphatic carbocycles. The number of ether oxygens (including phenoxy) is 2. The zero-order valence-electron chi connectivity index (χ0n) is 15.8. The van der Waals surface area contributed by atoms with Gasteiger partial charge in [0.25, 0.3) is 0 Å². The van der Waals surface area contributed by atoms with Gasteiger partial charge in [0.05, 0.1) is 26.7 Å². The molecule has 144 valence electrons. The van der Waals surface area contributed by atoms with Crippen LogP contribution >= 0.6 is 0 Å². The fourth-order valence-corrected chi connectivity index (χ4v) is 3.36. The molecule has 1 N–H and O–H groups in total. The quantitative estimate of drug-likeness (QED) is 0.815. The Labute approximate surface area is 160 Å². The highest BCUT2D eigenvalue weighted by molar-refractivity contribution is 5.78. The first-order valence-corrected chi connectivity index (χ1v) is 9.41. The zero-order chi connectivity index (χ0) is 19.1. The van der Waals surface area contributed by atoms with Crippen LogP contribution in [-0.4, -0.2) is 42.7 Å². The largest absolute Gasteiger partial charge is 0.497 e. The van der Waals surface area contributed by atoms with Crippen LogP contribution in [0.15, 0.2) is 48.5 Å². The smallest absolute Gasteiger partial charge is 0.227 e. The van der Waals surface area contributed by atoms with E-state index in [0.29, 0.717) is 18.9 Å². The third-order valence-corrected chi connectivity index (χ3v) is 4.98. The first-order chi connectivity index (χ1) is 13.2. The van der Waals surface area contributed by atoms with E-state index in [1.807, 2.05) is 53.4 Å². The standard InChI is InChI=1S/C22H27NO4/c1-26-20-8-10-21(11-9-20)27-16-19-3-2-12-23(14-19)22(25)13-17-4-6-18(15-24)7-5-17/h4-11,19,24H,2-3,12-16H2,1H3/t19-/m0/s1. The summed E-state index contributed by atoms with van der Waals surface area (Å²) in [5, 5.41) is 9.11. The number of aliphatic hydroxyl groups excluding tert-OH is 1. The monoisotopic (exact) mass is 369 g/mol. The SMILES string of the molecule is COc1ccc(OC[C@H]2CCCN(C(=O)Cc3ccc(CO)cc3)C2)cc1. The minimum Gasteiger partial charge on any atom is -0.497 e. The van der Waals surface area contributed by atoms with E-state index in [1.165, 1.54) is 0 Å². The Morgan fingerprint density at radius 2 is 1.74 bits per heavy atom. The van der Waals surface area contributed by atoms with Crippen molar-refractivity contribution in [1.29, 1.82) is 0 Å². The van der Waals surface area contributed by atoms with Crippen molar-refractivity contribution in [3.63, 3.8) is 0 Å². The van der Waals surface area contributed by atoms with Crippen LogP contribution < -0.4 is 9.47 Å². The average molecular weight is 369 g/mol. The van der Waals surface area contributed by atoms with E-state index in [1.54, 1.807) is 7.11 Å². The van der Waals surface area contributed by atoms with Crippen LogP contribution in [0.4, 0.5) is 0 Å². The minimum absolute atomic E-state index is 0.0240. The van der Waals surface area contributed by atoms with Gasteiger partial charge in [-0.2, -0.15) is 0 Å². The molecular weight excluding hydrogens is 342 g/mol.